The van der Waals surface area contributed by atoms with Crippen molar-refractivity contribution in [2.75, 3.05) is 5.32 Å². The van der Waals surface area contributed by atoms with Gasteiger partial charge in [0.15, 0.2) is 5.15 Å². The van der Waals surface area contributed by atoms with Crippen LogP contribution >= 0.6 is 11.6 Å². The third-order valence-corrected chi connectivity index (χ3v) is 3.09. The van der Waals surface area contributed by atoms with Crippen molar-refractivity contribution >= 4 is 23.2 Å². The Balaban J connectivity index is 2.77. The van der Waals surface area contributed by atoms with Crippen molar-refractivity contribution < 1.29 is 4.79 Å². The summed E-state index contributed by atoms with van der Waals surface area (Å²) in [4.78, 5) is 15.8. The molecule has 3 N–H and O–H groups in total. The lowest BCUT2D eigenvalue weighted by atomic mass is 9.99. The summed E-state index contributed by atoms with van der Waals surface area (Å²) in [5.74, 6) is -0.0970. The molecule has 17 heavy (non-hydrogen) atoms. The van der Waals surface area contributed by atoms with Crippen LogP contribution in [0.1, 0.15) is 25.8 Å². The number of hydrogen-bond donors (Lipinski definition) is 2. The van der Waals surface area contributed by atoms with Crippen molar-refractivity contribution in [3.63, 3.8) is 0 Å². The number of pyridine rings is 1. The van der Waals surface area contributed by atoms with Gasteiger partial charge in [-0.1, -0.05) is 31.9 Å². The number of aryl methyl sites for hydroxylation is 1. The Labute approximate surface area is 107 Å². The van der Waals surface area contributed by atoms with E-state index in [1.54, 1.807) is 12.3 Å². The number of nitrogens with one attached hydrogen (secondary N) is 1. The van der Waals surface area contributed by atoms with E-state index >= 15 is 0 Å². The molecule has 0 fully saturated rings. The fourth-order valence-corrected chi connectivity index (χ4v) is 1.52. The summed E-state index contributed by atoms with van der Waals surface area (Å²) in [6.07, 6.45) is 2.50. The molecule has 1 amide bonds. The lowest BCUT2D eigenvalue weighted by Crippen LogP contribution is -2.40. The molecule has 5 heteroatoms. The number of hydrogen-bond acceptors (Lipinski definition) is 3. The molecule has 1 aromatic rings. The fourth-order valence-electron chi connectivity index (χ4n) is 1.37. The zero-order valence-electron chi connectivity index (χ0n) is 10.3. The van der Waals surface area contributed by atoms with Crippen molar-refractivity contribution in [3.05, 3.63) is 23.0 Å². The summed E-state index contributed by atoms with van der Waals surface area (Å²) in [5.41, 5.74) is 7.27. The van der Waals surface area contributed by atoms with E-state index in [0.29, 0.717) is 5.69 Å². The summed E-state index contributed by atoms with van der Waals surface area (Å²) in [5, 5.41) is 2.99. The SMILES string of the molecule is CCC(C)[C@H](N)C(=O)Nc1cc(C)cnc1Cl. The van der Waals surface area contributed by atoms with Crippen LogP contribution in [-0.2, 0) is 4.79 Å². The average Bonchev–Trinajstić information content (AvgIpc) is 2.31. The molecule has 0 radical (unpaired) electrons. The molecule has 1 unspecified atom stereocenters. The largest absolute Gasteiger partial charge is 0.322 e. The van der Waals surface area contributed by atoms with Gasteiger partial charge in [0, 0.05) is 6.20 Å². The number of nitrogens with two attached hydrogens (primary N) is 1. The molecular weight excluding hydrogens is 238 g/mol. The second-order valence-corrected chi connectivity index (χ2v) is 4.61. The van der Waals surface area contributed by atoms with Crippen LogP contribution in [0.15, 0.2) is 12.3 Å². The van der Waals surface area contributed by atoms with Gasteiger partial charge in [-0.15, -0.1) is 0 Å². The van der Waals surface area contributed by atoms with Crippen LogP contribution in [-0.4, -0.2) is 16.9 Å². The Hall–Kier alpha value is -1.13. The molecule has 0 saturated heterocycles. The number of halogens is 1. The Kier molecular flexibility index (Phi) is 4.90. The summed E-state index contributed by atoms with van der Waals surface area (Å²) in [6.45, 7) is 5.83. The standard InChI is InChI=1S/C12H18ClN3O/c1-4-8(3)10(14)12(17)16-9-5-7(2)6-15-11(9)13/h5-6,8,10H,4,14H2,1-3H3,(H,16,17)/t8?,10-/m0/s1. The van der Waals surface area contributed by atoms with Gasteiger partial charge in [-0.3, -0.25) is 4.79 Å². The van der Waals surface area contributed by atoms with Crippen LogP contribution in [0.4, 0.5) is 5.69 Å². The summed E-state index contributed by atoms with van der Waals surface area (Å²) >= 11 is 5.89. The smallest absolute Gasteiger partial charge is 0.241 e. The highest BCUT2D eigenvalue weighted by atomic mass is 35.5. The van der Waals surface area contributed by atoms with Crippen LogP contribution in [0.3, 0.4) is 0 Å². The van der Waals surface area contributed by atoms with Gasteiger partial charge in [0.1, 0.15) is 0 Å². The lowest BCUT2D eigenvalue weighted by Gasteiger charge is -2.18. The van der Waals surface area contributed by atoms with Gasteiger partial charge in [-0.2, -0.15) is 0 Å². The number of anilines is 1. The van der Waals surface area contributed by atoms with E-state index < -0.39 is 6.04 Å². The number of aromatic nitrogens is 1. The molecule has 0 saturated carbocycles. The first-order valence-electron chi connectivity index (χ1n) is 5.64. The first-order chi connectivity index (χ1) is 7.95. The minimum Gasteiger partial charge on any atom is -0.322 e. The first kappa shape index (κ1) is 13.9. The molecule has 1 aromatic heterocycles. The minimum absolute atomic E-state index is 0.131. The molecule has 1 heterocycles. The molecule has 0 spiro atoms. The van der Waals surface area contributed by atoms with Gasteiger partial charge in [0.05, 0.1) is 11.7 Å². The second-order valence-electron chi connectivity index (χ2n) is 4.25. The van der Waals surface area contributed by atoms with E-state index in [-0.39, 0.29) is 17.0 Å². The number of carbonyl (C=O) groups is 1. The van der Waals surface area contributed by atoms with Crippen LogP contribution in [0.2, 0.25) is 5.15 Å². The van der Waals surface area contributed by atoms with Crippen molar-refractivity contribution in [3.8, 4) is 0 Å². The second kappa shape index (κ2) is 5.98. The highest BCUT2D eigenvalue weighted by Gasteiger charge is 2.20. The lowest BCUT2D eigenvalue weighted by molar-refractivity contribution is -0.118. The maximum Gasteiger partial charge on any atom is 0.241 e. The quantitative estimate of drug-likeness (QED) is 0.812. The fraction of sp³-hybridized carbons (Fsp3) is 0.500. The third kappa shape index (κ3) is 3.68. The topological polar surface area (TPSA) is 68.0 Å². The number of nitrogens with zero attached hydrogens (tertiary/aromatic N) is 1. The first-order valence-corrected chi connectivity index (χ1v) is 6.02. The van der Waals surface area contributed by atoms with Crippen LogP contribution < -0.4 is 11.1 Å². The molecule has 0 bridgehead atoms. The minimum atomic E-state index is -0.531. The zero-order valence-corrected chi connectivity index (χ0v) is 11.1. The van der Waals surface area contributed by atoms with Gasteiger partial charge >= 0.3 is 0 Å². The van der Waals surface area contributed by atoms with Gasteiger partial charge < -0.3 is 11.1 Å². The predicted octanol–water partition coefficient (Wildman–Crippen LogP) is 2.36. The van der Waals surface area contributed by atoms with Gasteiger partial charge in [0.2, 0.25) is 5.91 Å². The van der Waals surface area contributed by atoms with Crippen LogP contribution in [0.5, 0.6) is 0 Å². The van der Waals surface area contributed by atoms with Crippen LogP contribution in [0, 0.1) is 12.8 Å². The molecule has 0 aliphatic heterocycles. The molecule has 0 aliphatic carbocycles. The van der Waals surface area contributed by atoms with E-state index in [9.17, 15) is 4.79 Å². The summed E-state index contributed by atoms with van der Waals surface area (Å²) in [7, 11) is 0. The van der Waals surface area contributed by atoms with E-state index in [2.05, 4.69) is 10.3 Å². The van der Waals surface area contributed by atoms with E-state index in [4.69, 9.17) is 17.3 Å². The molecular formula is C12H18ClN3O. The van der Waals surface area contributed by atoms with E-state index in [1.807, 2.05) is 20.8 Å². The van der Waals surface area contributed by atoms with Crippen LogP contribution in [0.25, 0.3) is 0 Å². The molecule has 94 valence electrons. The summed E-state index contributed by atoms with van der Waals surface area (Å²) in [6, 6.07) is 1.24. The van der Waals surface area contributed by atoms with E-state index in [0.717, 1.165) is 12.0 Å². The Morgan fingerprint density at radius 1 is 1.65 bits per heavy atom. The van der Waals surface area contributed by atoms with Crippen molar-refractivity contribution in [2.45, 2.75) is 33.2 Å². The normalized spacial score (nSPS) is 14.2. The third-order valence-electron chi connectivity index (χ3n) is 2.79. The highest BCUT2D eigenvalue weighted by Crippen LogP contribution is 2.20. The monoisotopic (exact) mass is 255 g/mol. The average molecular weight is 256 g/mol. The van der Waals surface area contributed by atoms with Gasteiger partial charge in [-0.05, 0) is 24.5 Å². The Bertz CT molecular complexity index is 409. The maximum atomic E-state index is 11.9. The number of amides is 1. The van der Waals surface area contributed by atoms with Crippen molar-refractivity contribution in [2.24, 2.45) is 11.7 Å². The molecule has 1 rings (SSSR count). The van der Waals surface area contributed by atoms with Crippen molar-refractivity contribution in [1.29, 1.82) is 0 Å². The van der Waals surface area contributed by atoms with Gasteiger partial charge in [0.25, 0.3) is 0 Å². The molecule has 4 nitrogen and oxygen atoms in total. The number of rotatable bonds is 4. The Morgan fingerprint density at radius 3 is 2.88 bits per heavy atom. The predicted molar refractivity (Wildman–Crippen MR) is 70.0 cm³/mol. The number of carbonyl (C=O) groups excluding carboxylic acids is 1. The summed E-state index contributed by atoms with van der Waals surface area (Å²) < 4.78 is 0. The molecule has 0 aromatic carbocycles. The zero-order chi connectivity index (χ0) is 13.0. The van der Waals surface area contributed by atoms with Crippen molar-refractivity contribution in [1.82, 2.24) is 4.98 Å². The maximum absolute atomic E-state index is 11.9. The Morgan fingerprint density at radius 2 is 2.29 bits per heavy atom. The molecule has 0 aliphatic rings. The molecule has 2 atom stereocenters. The highest BCUT2D eigenvalue weighted by molar-refractivity contribution is 6.32. The van der Waals surface area contributed by atoms with Gasteiger partial charge in [-0.25, -0.2) is 4.98 Å². The van der Waals surface area contributed by atoms with E-state index in [1.165, 1.54) is 0 Å².